The molecule has 0 bridgehead atoms. The molecule has 2 aromatic rings. The van der Waals surface area contributed by atoms with Gasteiger partial charge in [0.25, 0.3) is 0 Å². The molecular formula is C27H26FNO5. The van der Waals surface area contributed by atoms with Crippen molar-refractivity contribution in [3.8, 4) is 0 Å². The van der Waals surface area contributed by atoms with Gasteiger partial charge in [0.05, 0.1) is 18.6 Å². The highest BCUT2D eigenvalue weighted by Gasteiger charge is 2.47. The number of rotatable bonds is 5. The first-order chi connectivity index (χ1) is 16.3. The van der Waals surface area contributed by atoms with Gasteiger partial charge >= 0.3 is 11.9 Å². The maximum atomic E-state index is 15.1. The Labute approximate surface area is 197 Å². The summed E-state index contributed by atoms with van der Waals surface area (Å²) in [7, 11) is 1.23. The summed E-state index contributed by atoms with van der Waals surface area (Å²) in [6.45, 7) is 3.53. The molecule has 34 heavy (non-hydrogen) atoms. The Morgan fingerprint density at radius 3 is 2.44 bits per heavy atom. The van der Waals surface area contributed by atoms with Crippen molar-refractivity contribution in [2.24, 2.45) is 11.8 Å². The van der Waals surface area contributed by atoms with Gasteiger partial charge in [-0.05, 0) is 30.9 Å². The van der Waals surface area contributed by atoms with Gasteiger partial charge in [0.15, 0.2) is 5.78 Å². The van der Waals surface area contributed by atoms with Crippen LogP contribution in [-0.2, 0) is 30.5 Å². The quantitative estimate of drug-likeness (QED) is 0.529. The molecule has 0 saturated carbocycles. The monoisotopic (exact) mass is 463 g/mol. The van der Waals surface area contributed by atoms with E-state index in [1.807, 2.05) is 30.3 Å². The van der Waals surface area contributed by atoms with E-state index in [4.69, 9.17) is 9.47 Å². The smallest absolute Gasteiger partial charge is 0.337 e. The Balaban J connectivity index is 1.78. The molecule has 7 heteroatoms. The van der Waals surface area contributed by atoms with Crippen molar-refractivity contribution in [1.29, 1.82) is 0 Å². The third-order valence-electron chi connectivity index (χ3n) is 6.39. The van der Waals surface area contributed by atoms with E-state index in [0.717, 1.165) is 5.56 Å². The zero-order valence-corrected chi connectivity index (χ0v) is 19.3. The highest BCUT2D eigenvalue weighted by atomic mass is 19.1. The summed E-state index contributed by atoms with van der Waals surface area (Å²) >= 11 is 0. The van der Waals surface area contributed by atoms with Crippen LogP contribution in [0.4, 0.5) is 4.39 Å². The van der Waals surface area contributed by atoms with Gasteiger partial charge < -0.3 is 14.8 Å². The maximum Gasteiger partial charge on any atom is 0.337 e. The fraction of sp³-hybridized carbons (Fsp3) is 0.296. The number of benzene rings is 2. The van der Waals surface area contributed by atoms with Gasteiger partial charge in [0.1, 0.15) is 18.3 Å². The lowest BCUT2D eigenvalue weighted by Gasteiger charge is -2.38. The normalized spacial score (nSPS) is 22.1. The standard InChI is InChI=1S/C27H26FNO5/c1-15-13-20-24(25(30)21(15)26(31)33-3)23(18-11-7-8-12-19(18)28)22(16(2)29-20)27(32)34-14-17-9-5-4-6-10-17/h4-12,15,21,23,29H,13-14H2,1-3H3/t15-,21+,23+/m1/s1. The first kappa shape index (κ1) is 23.4. The molecule has 1 heterocycles. The van der Waals surface area contributed by atoms with Crippen LogP contribution in [-0.4, -0.2) is 24.8 Å². The Morgan fingerprint density at radius 2 is 1.76 bits per heavy atom. The molecule has 4 rings (SSSR count). The Kier molecular flexibility index (Phi) is 6.63. The molecule has 0 amide bonds. The second-order valence-electron chi connectivity index (χ2n) is 8.62. The highest BCUT2D eigenvalue weighted by molar-refractivity contribution is 6.12. The number of allylic oxidation sites excluding steroid dienone is 3. The lowest BCUT2D eigenvalue weighted by molar-refractivity contribution is -0.151. The summed E-state index contributed by atoms with van der Waals surface area (Å²) in [6.07, 6.45) is 0.384. The average molecular weight is 464 g/mol. The van der Waals surface area contributed by atoms with Gasteiger partial charge in [-0.25, -0.2) is 9.18 Å². The lowest BCUT2D eigenvalue weighted by Crippen LogP contribution is -2.43. The molecule has 1 aliphatic carbocycles. The number of nitrogens with one attached hydrogen (secondary N) is 1. The average Bonchev–Trinajstić information content (AvgIpc) is 2.82. The van der Waals surface area contributed by atoms with E-state index >= 15 is 4.39 Å². The van der Waals surface area contributed by atoms with Crippen LogP contribution in [0.3, 0.4) is 0 Å². The first-order valence-electron chi connectivity index (χ1n) is 11.1. The molecule has 0 saturated heterocycles. The number of hydrogen-bond donors (Lipinski definition) is 1. The number of carbonyl (C=O) groups excluding carboxylic acids is 3. The number of hydrogen-bond acceptors (Lipinski definition) is 6. The molecular weight excluding hydrogens is 437 g/mol. The molecule has 2 aromatic carbocycles. The summed E-state index contributed by atoms with van der Waals surface area (Å²) in [5.74, 6) is -4.67. The van der Waals surface area contributed by atoms with E-state index in [1.165, 1.54) is 13.2 Å². The van der Waals surface area contributed by atoms with Crippen LogP contribution in [0.1, 0.15) is 37.3 Å². The van der Waals surface area contributed by atoms with Gasteiger partial charge in [-0.1, -0.05) is 55.5 Å². The zero-order valence-electron chi connectivity index (χ0n) is 19.3. The molecule has 176 valence electrons. The van der Waals surface area contributed by atoms with Crippen LogP contribution in [0.5, 0.6) is 0 Å². The van der Waals surface area contributed by atoms with Crippen molar-refractivity contribution < 1.29 is 28.2 Å². The minimum absolute atomic E-state index is 0.0299. The number of Topliss-reactive ketones (excluding diaryl/α,β-unsaturated/α-hetero) is 1. The molecule has 6 nitrogen and oxygen atoms in total. The van der Waals surface area contributed by atoms with Gasteiger partial charge in [-0.2, -0.15) is 0 Å². The van der Waals surface area contributed by atoms with E-state index in [1.54, 1.807) is 32.0 Å². The third kappa shape index (κ3) is 4.25. The van der Waals surface area contributed by atoms with E-state index in [2.05, 4.69) is 5.32 Å². The van der Waals surface area contributed by atoms with Crippen molar-refractivity contribution >= 4 is 17.7 Å². The maximum absolute atomic E-state index is 15.1. The molecule has 0 fully saturated rings. The zero-order chi connectivity index (χ0) is 24.4. The van der Waals surface area contributed by atoms with Crippen molar-refractivity contribution in [2.45, 2.75) is 32.8 Å². The number of halogens is 1. The highest BCUT2D eigenvalue weighted by Crippen LogP contribution is 2.46. The largest absolute Gasteiger partial charge is 0.468 e. The van der Waals surface area contributed by atoms with Crippen LogP contribution < -0.4 is 5.32 Å². The van der Waals surface area contributed by atoms with Crippen molar-refractivity contribution in [2.75, 3.05) is 7.11 Å². The fourth-order valence-electron chi connectivity index (χ4n) is 4.77. The molecule has 3 atom stereocenters. The van der Waals surface area contributed by atoms with Crippen molar-refractivity contribution in [1.82, 2.24) is 5.32 Å². The molecule has 2 aliphatic rings. The minimum Gasteiger partial charge on any atom is -0.468 e. The fourth-order valence-corrected chi connectivity index (χ4v) is 4.77. The second kappa shape index (κ2) is 9.63. The molecule has 1 N–H and O–H groups in total. The molecule has 0 radical (unpaired) electrons. The number of ketones is 1. The Morgan fingerprint density at radius 1 is 1.09 bits per heavy atom. The van der Waals surface area contributed by atoms with Crippen LogP contribution in [0.2, 0.25) is 0 Å². The van der Waals surface area contributed by atoms with Gasteiger partial charge in [-0.3, -0.25) is 9.59 Å². The predicted octanol–water partition coefficient (Wildman–Crippen LogP) is 4.18. The summed E-state index contributed by atoms with van der Waals surface area (Å²) in [5.41, 5.74) is 2.40. The predicted molar refractivity (Wildman–Crippen MR) is 123 cm³/mol. The summed E-state index contributed by atoms with van der Waals surface area (Å²) in [4.78, 5) is 39.4. The van der Waals surface area contributed by atoms with E-state index in [0.29, 0.717) is 17.8 Å². The van der Waals surface area contributed by atoms with E-state index in [9.17, 15) is 14.4 Å². The van der Waals surface area contributed by atoms with Gasteiger partial charge in [0, 0.05) is 22.5 Å². The van der Waals surface area contributed by atoms with Crippen LogP contribution in [0.25, 0.3) is 0 Å². The van der Waals surface area contributed by atoms with Crippen molar-refractivity contribution in [3.63, 3.8) is 0 Å². The Hall–Kier alpha value is -3.74. The van der Waals surface area contributed by atoms with Crippen LogP contribution in [0, 0.1) is 17.7 Å². The van der Waals surface area contributed by atoms with Gasteiger partial charge in [-0.15, -0.1) is 0 Å². The number of dihydropyridines is 1. The minimum atomic E-state index is -1.03. The summed E-state index contributed by atoms with van der Waals surface area (Å²) < 4.78 is 25.5. The van der Waals surface area contributed by atoms with E-state index < -0.39 is 35.4 Å². The first-order valence-corrected chi connectivity index (χ1v) is 11.1. The van der Waals surface area contributed by atoms with Crippen LogP contribution >= 0.6 is 0 Å². The molecule has 1 aliphatic heterocycles. The van der Waals surface area contributed by atoms with Crippen LogP contribution in [0.15, 0.2) is 77.1 Å². The molecule has 0 unspecified atom stereocenters. The number of ether oxygens (including phenoxy) is 2. The summed E-state index contributed by atoms with van der Waals surface area (Å²) in [5, 5.41) is 3.17. The number of carbonyl (C=O) groups is 3. The van der Waals surface area contributed by atoms with Crippen molar-refractivity contribution in [3.05, 3.63) is 94.1 Å². The number of esters is 2. The second-order valence-corrected chi connectivity index (χ2v) is 8.62. The Bertz CT molecular complexity index is 1200. The van der Waals surface area contributed by atoms with E-state index in [-0.39, 0.29) is 29.2 Å². The molecule has 0 spiro atoms. The SMILES string of the molecule is COC(=O)[C@@H]1C(=O)C2=C(C[C@H]1C)NC(C)=C(C(=O)OCc1ccccc1)[C@@H]2c1ccccc1F. The summed E-state index contributed by atoms with van der Waals surface area (Å²) in [6, 6.07) is 15.2. The lowest BCUT2D eigenvalue weighted by atomic mass is 9.69. The number of methoxy groups -OCH3 is 1. The van der Waals surface area contributed by atoms with Gasteiger partial charge in [0.2, 0.25) is 0 Å². The third-order valence-corrected chi connectivity index (χ3v) is 6.39. The topological polar surface area (TPSA) is 81.7 Å². The molecule has 0 aromatic heterocycles.